The molecule has 1 amide bonds. The van der Waals surface area contributed by atoms with Gasteiger partial charge in [-0.1, -0.05) is 0 Å². The van der Waals surface area contributed by atoms with Crippen LogP contribution in [0.5, 0.6) is 0 Å². The largest absolute Gasteiger partial charge is 0.343 e. The van der Waals surface area contributed by atoms with E-state index in [1.807, 2.05) is 18.7 Å². The lowest BCUT2D eigenvalue weighted by molar-refractivity contribution is -0.130. The molecule has 1 fully saturated rings. The predicted octanol–water partition coefficient (Wildman–Crippen LogP) is 0.420. The van der Waals surface area contributed by atoms with E-state index in [4.69, 9.17) is 0 Å². The summed E-state index contributed by atoms with van der Waals surface area (Å²) in [5.74, 6) is 0.407. The Bertz CT molecular complexity index is 400. The van der Waals surface area contributed by atoms with E-state index in [9.17, 15) is 13.2 Å². The molecule has 1 heterocycles. The molecule has 0 saturated carbocycles. The van der Waals surface area contributed by atoms with Gasteiger partial charge in [0.15, 0.2) is 0 Å². The van der Waals surface area contributed by atoms with Gasteiger partial charge in [-0.2, -0.15) is 12.7 Å². The molecule has 0 atom stereocenters. The van der Waals surface area contributed by atoms with Crippen molar-refractivity contribution >= 4 is 16.1 Å². The van der Waals surface area contributed by atoms with Crippen molar-refractivity contribution in [2.45, 2.75) is 39.7 Å². The highest BCUT2D eigenvalue weighted by molar-refractivity contribution is 7.87. The van der Waals surface area contributed by atoms with Crippen LogP contribution in [-0.4, -0.2) is 56.3 Å². The molecule has 7 heteroatoms. The van der Waals surface area contributed by atoms with Crippen LogP contribution in [0.2, 0.25) is 0 Å². The van der Waals surface area contributed by atoms with Crippen molar-refractivity contribution < 1.29 is 13.2 Å². The summed E-state index contributed by atoms with van der Waals surface area (Å²) in [5.41, 5.74) is 0. The molecule has 0 aromatic rings. The van der Waals surface area contributed by atoms with Crippen molar-refractivity contribution in [2.75, 3.05) is 26.7 Å². The van der Waals surface area contributed by atoms with Gasteiger partial charge in [-0.3, -0.25) is 4.79 Å². The van der Waals surface area contributed by atoms with Gasteiger partial charge in [-0.05, 0) is 32.6 Å². The maximum absolute atomic E-state index is 11.9. The molecule has 0 radical (unpaired) electrons. The zero-order valence-electron chi connectivity index (χ0n) is 12.2. The number of amides is 1. The summed E-state index contributed by atoms with van der Waals surface area (Å²) in [4.78, 5) is 13.0. The Morgan fingerprint density at radius 2 is 1.89 bits per heavy atom. The maximum Gasteiger partial charge on any atom is 0.279 e. The van der Waals surface area contributed by atoms with Crippen LogP contribution >= 0.6 is 0 Å². The van der Waals surface area contributed by atoms with Crippen molar-refractivity contribution in [3.8, 4) is 0 Å². The van der Waals surface area contributed by atoms with Gasteiger partial charge >= 0.3 is 0 Å². The maximum atomic E-state index is 11.9. The number of piperidine rings is 1. The standard InChI is InChI=1S/C12H25N3O3S/c1-10(2)14(4)19(17,18)13-9-12-5-7-15(8-6-12)11(3)16/h10,12-13H,5-9H2,1-4H3. The van der Waals surface area contributed by atoms with Crippen molar-refractivity contribution in [3.63, 3.8) is 0 Å². The van der Waals surface area contributed by atoms with E-state index in [1.165, 1.54) is 4.31 Å². The molecule has 0 aliphatic carbocycles. The Kier molecular flexibility index (Phi) is 5.76. The average molecular weight is 291 g/mol. The molecule has 1 aliphatic rings. The van der Waals surface area contributed by atoms with Crippen LogP contribution in [0, 0.1) is 5.92 Å². The van der Waals surface area contributed by atoms with Crippen molar-refractivity contribution in [1.82, 2.24) is 13.9 Å². The number of rotatable bonds is 5. The fourth-order valence-corrected chi connectivity index (χ4v) is 3.26. The highest BCUT2D eigenvalue weighted by Gasteiger charge is 2.24. The lowest BCUT2D eigenvalue weighted by Gasteiger charge is -2.31. The second kappa shape index (κ2) is 6.67. The second-order valence-electron chi connectivity index (χ2n) is 5.41. The summed E-state index contributed by atoms with van der Waals surface area (Å²) >= 11 is 0. The molecule has 6 nitrogen and oxygen atoms in total. The van der Waals surface area contributed by atoms with E-state index in [-0.39, 0.29) is 11.9 Å². The van der Waals surface area contributed by atoms with E-state index < -0.39 is 10.2 Å². The summed E-state index contributed by atoms with van der Waals surface area (Å²) in [5, 5.41) is 0. The van der Waals surface area contributed by atoms with Gasteiger partial charge in [0.25, 0.3) is 10.2 Å². The summed E-state index contributed by atoms with van der Waals surface area (Å²) < 4.78 is 27.9. The molecular formula is C12H25N3O3S. The fourth-order valence-electron chi connectivity index (χ4n) is 2.05. The number of nitrogens with zero attached hydrogens (tertiary/aromatic N) is 2. The summed E-state index contributed by atoms with van der Waals surface area (Å²) in [6.45, 7) is 7.14. The van der Waals surface area contributed by atoms with Crippen molar-refractivity contribution in [1.29, 1.82) is 0 Å². The Balaban J connectivity index is 2.41. The molecule has 0 aromatic heterocycles. The first kappa shape index (κ1) is 16.4. The van der Waals surface area contributed by atoms with E-state index >= 15 is 0 Å². The highest BCUT2D eigenvalue weighted by atomic mass is 32.2. The van der Waals surface area contributed by atoms with Gasteiger partial charge in [-0.25, -0.2) is 4.72 Å². The third kappa shape index (κ3) is 4.74. The van der Waals surface area contributed by atoms with Gasteiger partial charge in [0.1, 0.15) is 0 Å². The zero-order chi connectivity index (χ0) is 14.6. The minimum Gasteiger partial charge on any atom is -0.343 e. The Morgan fingerprint density at radius 1 is 1.37 bits per heavy atom. The summed E-state index contributed by atoms with van der Waals surface area (Å²) in [6.07, 6.45) is 1.71. The Labute approximate surface area is 116 Å². The lowest BCUT2D eigenvalue weighted by Crippen LogP contribution is -2.45. The topological polar surface area (TPSA) is 69.7 Å². The van der Waals surface area contributed by atoms with E-state index in [1.54, 1.807) is 14.0 Å². The van der Waals surface area contributed by atoms with Crippen LogP contribution in [0.15, 0.2) is 0 Å². The monoisotopic (exact) mass is 291 g/mol. The molecule has 19 heavy (non-hydrogen) atoms. The smallest absolute Gasteiger partial charge is 0.279 e. The number of hydrogen-bond donors (Lipinski definition) is 1. The molecule has 1 rings (SSSR count). The first-order valence-electron chi connectivity index (χ1n) is 6.72. The number of carbonyl (C=O) groups is 1. The molecule has 1 saturated heterocycles. The first-order chi connectivity index (χ1) is 8.74. The minimum atomic E-state index is -3.39. The highest BCUT2D eigenvalue weighted by Crippen LogP contribution is 2.16. The van der Waals surface area contributed by atoms with Crippen LogP contribution in [0.25, 0.3) is 0 Å². The van der Waals surface area contributed by atoms with Gasteiger partial charge in [0, 0.05) is 39.6 Å². The lowest BCUT2D eigenvalue weighted by atomic mass is 9.97. The van der Waals surface area contributed by atoms with Crippen LogP contribution in [0.4, 0.5) is 0 Å². The quantitative estimate of drug-likeness (QED) is 0.798. The fraction of sp³-hybridized carbons (Fsp3) is 0.917. The van der Waals surface area contributed by atoms with Crippen LogP contribution < -0.4 is 4.72 Å². The first-order valence-corrected chi connectivity index (χ1v) is 8.16. The predicted molar refractivity (Wildman–Crippen MR) is 74.8 cm³/mol. The average Bonchev–Trinajstić information content (AvgIpc) is 2.35. The van der Waals surface area contributed by atoms with Crippen molar-refractivity contribution in [2.24, 2.45) is 5.92 Å². The number of carbonyl (C=O) groups excluding carboxylic acids is 1. The SMILES string of the molecule is CC(=O)N1CCC(CNS(=O)(=O)N(C)C(C)C)CC1. The number of hydrogen-bond acceptors (Lipinski definition) is 3. The normalized spacial score (nSPS) is 18.3. The molecule has 0 spiro atoms. The van der Waals surface area contributed by atoms with Gasteiger partial charge in [0.05, 0.1) is 0 Å². The molecule has 0 unspecified atom stereocenters. The minimum absolute atomic E-state index is 0.0583. The Hall–Kier alpha value is -0.660. The van der Waals surface area contributed by atoms with E-state index in [0.29, 0.717) is 12.5 Å². The van der Waals surface area contributed by atoms with E-state index in [0.717, 1.165) is 25.9 Å². The molecule has 1 N–H and O–H groups in total. The zero-order valence-corrected chi connectivity index (χ0v) is 13.0. The summed E-state index contributed by atoms with van der Waals surface area (Å²) in [7, 11) is -1.81. The van der Waals surface area contributed by atoms with E-state index in [2.05, 4.69) is 4.72 Å². The molecule has 1 aliphatic heterocycles. The summed E-state index contributed by atoms with van der Waals surface area (Å²) in [6, 6.07) is -0.0583. The van der Waals surface area contributed by atoms with Crippen molar-refractivity contribution in [3.05, 3.63) is 0 Å². The Morgan fingerprint density at radius 3 is 2.32 bits per heavy atom. The van der Waals surface area contributed by atoms with Crippen LogP contribution in [-0.2, 0) is 15.0 Å². The number of nitrogens with one attached hydrogen (secondary N) is 1. The third-order valence-corrected chi connectivity index (χ3v) is 5.43. The van der Waals surface area contributed by atoms with Crippen LogP contribution in [0.3, 0.4) is 0 Å². The second-order valence-corrected chi connectivity index (χ2v) is 7.23. The van der Waals surface area contributed by atoms with Crippen LogP contribution in [0.1, 0.15) is 33.6 Å². The molecule has 0 bridgehead atoms. The molecule has 112 valence electrons. The van der Waals surface area contributed by atoms with Gasteiger partial charge in [-0.15, -0.1) is 0 Å². The third-order valence-electron chi connectivity index (χ3n) is 3.72. The van der Waals surface area contributed by atoms with Gasteiger partial charge in [0.2, 0.25) is 5.91 Å². The molecular weight excluding hydrogens is 266 g/mol. The molecule has 0 aromatic carbocycles. The number of likely N-dealkylation sites (tertiary alicyclic amines) is 1. The van der Waals surface area contributed by atoms with Gasteiger partial charge < -0.3 is 4.90 Å².